The first-order valence-electron chi connectivity index (χ1n) is 5.73. The predicted octanol–water partition coefficient (Wildman–Crippen LogP) is 1.78. The molecule has 0 aliphatic heterocycles. The number of aromatic nitrogens is 3. The molecule has 0 unspecified atom stereocenters. The van der Waals surface area contributed by atoms with E-state index in [1.165, 1.54) is 6.33 Å². The Morgan fingerprint density at radius 1 is 1.50 bits per heavy atom. The van der Waals surface area contributed by atoms with Crippen molar-refractivity contribution in [1.29, 1.82) is 0 Å². The second kappa shape index (κ2) is 4.87. The lowest BCUT2D eigenvalue weighted by molar-refractivity contribution is 0.309. The highest BCUT2D eigenvalue weighted by atomic mass is 35.5. The Kier molecular flexibility index (Phi) is 3.60. The van der Waals surface area contributed by atoms with E-state index in [1.807, 2.05) is 6.07 Å². The van der Waals surface area contributed by atoms with Crippen LogP contribution < -0.4 is 5.73 Å². The van der Waals surface area contributed by atoms with Gasteiger partial charge in [0.1, 0.15) is 17.0 Å². The molecule has 0 radical (unpaired) electrons. The van der Waals surface area contributed by atoms with Gasteiger partial charge in [-0.15, -0.1) is 0 Å². The van der Waals surface area contributed by atoms with Crippen molar-refractivity contribution >= 4 is 32.7 Å². The normalized spacial score (nSPS) is 12.9. The average Bonchev–Trinajstić information content (AvgIpc) is 2.57. The van der Waals surface area contributed by atoms with Gasteiger partial charge in [0.15, 0.2) is 15.6 Å². The van der Waals surface area contributed by atoms with Crippen LogP contribution in [0, 0.1) is 0 Å². The molecule has 18 heavy (non-hydrogen) atoms. The maximum absolute atomic E-state index is 6.23. The van der Waals surface area contributed by atoms with Crippen molar-refractivity contribution < 1.29 is 4.43 Å². The highest BCUT2D eigenvalue weighted by Gasteiger charge is 2.15. The Morgan fingerprint density at radius 3 is 2.83 bits per heavy atom. The Labute approximate surface area is 113 Å². The summed E-state index contributed by atoms with van der Waals surface area (Å²) < 4.78 is 7.37. The third kappa shape index (κ3) is 2.82. The van der Waals surface area contributed by atoms with E-state index in [0.717, 1.165) is 11.1 Å². The fraction of sp³-hybridized carbons (Fsp3) is 0.455. The van der Waals surface area contributed by atoms with Crippen molar-refractivity contribution in [3.63, 3.8) is 0 Å². The van der Waals surface area contributed by atoms with Gasteiger partial charge in [0.05, 0.1) is 6.61 Å². The van der Waals surface area contributed by atoms with Gasteiger partial charge in [-0.2, -0.15) is 5.10 Å². The molecule has 0 amide bonds. The largest absolute Gasteiger partial charge is 0.419 e. The van der Waals surface area contributed by atoms with Gasteiger partial charge >= 0.3 is 0 Å². The molecule has 0 aliphatic carbocycles. The van der Waals surface area contributed by atoms with E-state index in [9.17, 15) is 0 Å². The zero-order valence-corrected chi connectivity index (χ0v) is 12.9. The lowest BCUT2D eigenvalue weighted by Crippen LogP contribution is -2.12. The molecule has 0 aliphatic rings. The first kappa shape index (κ1) is 13.3. The fourth-order valence-corrected chi connectivity index (χ4v) is 2.78. The van der Waals surface area contributed by atoms with E-state index in [0.29, 0.717) is 17.6 Å². The lowest BCUT2D eigenvalue weighted by Gasteiger charge is -2.16. The molecule has 2 N–H and O–H groups in total. The molecule has 0 fully saturated rings. The Hall–Kier alpha value is -1.11. The summed E-state index contributed by atoms with van der Waals surface area (Å²) in [4.78, 5) is 3.94. The Balaban J connectivity index is 2.19. The molecule has 2 rings (SSSR count). The summed E-state index contributed by atoms with van der Waals surface area (Å²) in [6, 6.07) is 1.88. The number of anilines is 1. The van der Waals surface area contributed by atoms with Gasteiger partial charge in [0.25, 0.3) is 0 Å². The van der Waals surface area contributed by atoms with E-state index in [2.05, 4.69) is 30.9 Å². The molecule has 5 nitrogen and oxygen atoms in total. The van der Waals surface area contributed by atoms with Crippen LogP contribution in [0.5, 0.6) is 0 Å². The zero-order chi connectivity index (χ0) is 13.3. The highest BCUT2D eigenvalue weighted by Crippen LogP contribution is 2.25. The monoisotopic (exact) mass is 284 g/mol. The van der Waals surface area contributed by atoms with Gasteiger partial charge in [-0.3, -0.25) is 0 Å². The van der Waals surface area contributed by atoms with Gasteiger partial charge < -0.3 is 10.2 Å². The van der Waals surface area contributed by atoms with Crippen LogP contribution in [0.15, 0.2) is 12.4 Å². The number of fused-ring (bicyclic) bond motifs is 1. The minimum absolute atomic E-state index is 0.268. The molecule has 0 spiro atoms. The summed E-state index contributed by atoms with van der Waals surface area (Å²) in [6.07, 6.45) is 1.39. The van der Waals surface area contributed by atoms with Crippen LogP contribution >= 0.6 is 11.6 Å². The van der Waals surface area contributed by atoms with Crippen LogP contribution in [0.4, 0.5) is 5.82 Å². The Morgan fingerprint density at radius 2 is 2.22 bits per heavy atom. The third-order valence-corrected chi connectivity index (χ3v) is 4.09. The van der Waals surface area contributed by atoms with Crippen molar-refractivity contribution in [2.45, 2.75) is 32.4 Å². The number of nitrogens with zero attached hydrogens (tertiary/aromatic N) is 3. The van der Waals surface area contributed by atoms with Crippen LogP contribution in [0.1, 0.15) is 26.3 Å². The molecule has 0 aromatic carbocycles. The van der Waals surface area contributed by atoms with Gasteiger partial charge in [-0.1, -0.05) is 32.4 Å². The number of nitrogen functional groups attached to an aromatic ring is 1. The van der Waals surface area contributed by atoms with E-state index in [-0.39, 0.29) is 5.04 Å². The second-order valence-electron chi connectivity index (χ2n) is 5.46. The van der Waals surface area contributed by atoms with Crippen molar-refractivity contribution in [1.82, 2.24) is 14.6 Å². The third-order valence-electron chi connectivity index (χ3n) is 2.41. The quantitative estimate of drug-likeness (QED) is 0.873. The lowest BCUT2D eigenvalue weighted by atomic mass is 10.3. The van der Waals surface area contributed by atoms with Crippen LogP contribution in [-0.4, -0.2) is 24.4 Å². The summed E-state index contributed by atoms with van der Waals surface area (Å²) in [5, 5.41) is 4.88. The zero-order valence-electron chi connectivity index (χ0n) is 10.8. The van der Waals surface area contributed by atoms with Crippen LogP contribution in [0.25, 0.3) is 5.52 Å². The average molecular weight is 285 g/mol. The van der Waals surface area contributed by atoms with E-state index >= 15 is 0 Å². The highest BCUT2D eigenvalue weighted by molar-refractivity contribution is 6.32. The maximum atomic E-state index is 6.23. The van der Waals surface area contributed by atoms with Crippen molar-refractivity contribution in [3.05, 3.63) is 23.1 Å². The van der Waals surface area contributed by atoms with Crippen LogP contribution in [0.2, 0.25) is 10.2 Å². The SMILES string of the molecule is CC(C)(C)[SiH2]OCc1cc2c(N)ncnn2c1Cl. The minimum Gasteiger partial charge on any atom is -0.419 e. The van der Waals surface area contributed by atoms with Gasteiger partial charge in [-0.25, -0.2) is 9.50 Å². The van der Waals surface area contributed by atoms with E-state index in [1.54, 1.807) is 4.52 Å². The molecule has 98 valence electrons. The van der Waals surface area contributed by atoms with Crippen molar-refractivity contribution in [2.75, 3.05) is 5.73 Å². The number of nitrogens with two attached hydrogens (primary N) is 1. The standard InChI is InChI=1S/C11H17ClN4OSi/c1-11(2,3)18-17-5-7-4-8-10(13)14-6-15-16(8)9(7)12/h4,6H,5,18H2,1-3H3,(H2,13,14,15). The molecule has 0 bridgehead atoms. The minimum atomic E-state index is -0.591. The first-order chi connectivity index (χ1) is 8.38. The smallest absolute Gasteiger partial charge is 0.167 e. The van der Waals surface area contributed by atoms with Crippen LogP contribution in [0.3, 0.4) is 0 Å². The molecule has 7 heteroatoms. The molecule has 0 saturated heterocycles. The molecular formula is C11H17ClN4OSi. The number of rotatable bonds is 3. The topological polar surface area (TPSA) is 65.4 Å². The summed E-state index contributed by atoms with van der Waals surface area (Å²) in [6.45, 7) is 7.05. The van der Waals surface area contributed by atoms with Crippen molar-refractivity contribution in [2.24, 2.45) is 0 Å². The molecule has 2 heterocycles. The molecule has 2 aromatic rings. The summed E-state index contributed by atoms with van der Waals surface area (Å²) in [7, 11) is -0.591. The van der Waals surface area contributed by atoms with Gasteiger partial charge in [0.2, 0.25) is 0 Å². The Bertz CT molecular complexity index is 564. The molecule has 2 aromatic heterocycles. The molecule has 0 saturated carbocycles. The maximum Gasteiger partial charge on any atom is 0.167 e. The summed E-state index contributed by atoms with van der Waals surface area (Å²) in [5.74, 6) is 0.422. The van der Waals surface area contributed by atoms with E-state index in [4.69, 9.17) is 21.8 Å². The molecular weight excluding hydrogens is 268 g/mol. The van der Waals surface area contributed by atoms with Gasteiger partial charge in [-0.05, 0) is 11.1 Å². The number of hydrogen-bond acceptors (Lipinski definition) is 4. The molecule has 0 atom stereocenters. The number of halogens is 1. The summed E-state index contributed by atoms with van der Waals surface area (Å²) in [5.41, 5.74) is 7.40. The van der Waals surface area contributed by atoms with Gasteiger partial charge in [0, 0.05) is 5.56 Å². The fourth-order valence-electron chi connectivity index (χ4n) is 1.60. The van der Waals surface area contributed by atoms with Crippen LogP contribution in [-0.2, 0) is 11.0 Å². The predicted molar refractivity (Wildman–Crippen MR) is 75.5 cm³/mol. The number of hydrogen-bond donors (Lipinski definition) is 1. The second-order valence-corrected chi connectivity index (χ2v) is 8.63. The first-order valence-corrected chi connectivity index (χ1v) is 7.39. The van der Waals surface area contributed by atoms with Crippen molar-refractivity contribution in [3.8, 4) is 0 Å². The summed E-state index contributed by atoms with van der Waals surface area (Å²) >= 11 is 6.23. The van der Waals surface area contributed by atoms with E-state index < -0.39 is 9.76 Å².